The molecule has 1 saturated heterocycles. The smallest absolute Gasteiger partial charge is 0.308 e. The maximum Gasteiger partial charge on any atom is 0.308 e. The van der Waals surface area contributed by atoms with Crippen molar-refractivity contribution in [3.63, 3.8) is 0 Å². The topological polar surface area (TPSA) is 46.6 Å². The Morgan fingerprint density at radius 2 is 1.50 bits per heavy atom. The van der Waals surface area contributed by atoms with Gasteiger partial charge in [0.25, 0.3) is 5.91 Å². The molecule has 3 rings (SSSR count). The normalized spacial score (nSPS) is 15.1. The Morgan fingerprint density at radius 1 is 0.917 bits per heavy atom. The number of rotatable bonds is 3. The van der Waals surface area contributed by atoms with Gasteiger partial charge < -0.3 is 9.64 Å². The third-order valence-electron chi connectivity index (χ3n) is 4.56. The van der Waals surface area contributed by atoms with E-state index in [4.69, 9.17) is 4.74 Å². The zero-order valence-corrected chi connectivity index (χ0v) is 13.8. The number of piperidine rings is 1. The number of methoxy groups -OCH3 is 1. The van der Waals surface area contributed by atoms with Crippen LogP contribution in [-0.4, -0.2) is 37.0 Å². The van der Waals surface area contributed by atoms with Gasteiger partial charge in [0.05, 0.1) is 13.0 Å². The lowest BCUT2D eigenvalue weighted by atomic mass is 9.96. The Morgan fingerprint density at radius 3 is 2.08 bits per heavy atom. The first-order chi connectivity index (χ1) is 11.7. The predicted octanol–water partition coefficient (Wildman–Crippen LogP) is 3.38. The summed E-state index contributed by atoms with van der Waals surface area (Å²) in [5, 5.41) is 0. The molecule has 0 aliphatic carbocycles. The average Bonchev–Trinajstić information content (AvgIpc) is 2.68. The summed E-state index contributed by atoms with van der Waals surface area (Å²) in [7, 11) is 1.41. The van der Waals surface area contributed by atoms with E-state index >= 15 is 0 Å². The largest absolute Gasteiger partial charge is 0.469 e. The first-order valence-electron chi connectivity index (χ1n) is 8.21. The summed E-state index contributed by atoms with van der Waals surface area (Å²) in [6, 6.07) is 17.8. The van der Waals surface area contributed by atoms with Crippen molar-refractivity contribution in [2.75, 3.05) is 20.2 Å². The SMILES string of the molecule is COC(=O)C1CCN(C(=O)c2ccc(-c3ccccc3)cc2)CC1. The highest BCUT2D eigenvalue weighted by Crippen LogP contribution is 2.22. The zero-order valence-electron chi connectivity index (χ0n) is 13.8. The van der Waals surface area contributed by atoms with E-state index in [9.17, 15) is 9.59 Å². The van der Waals surface area contributed by atoms with Crippen molar-refractivity contribution >= 4 is 11.9 Å². The number of amides is 1. The first-order valence-corrected chi connectivity index (χ1v) is 8.21. The van der Waals surface area contributed by atoms with Gasteiger partial charge in [0.15, 0.2) is 0 Å². The second-order valence-electron chi connectivity index (χ2n) is 6.03. The lowest BCUT2D eigenvalue weighted by Gasteiger charge is -2.30. The molecule has 1 amide bonds. The molecule has 0 N–H and O–H groups in total. The molecule has 24 heavy (non-hydrogen) atoms. The van der Waals surface area contributed by atoms with Crippen LogP contribution in [0.15, 0.2) is 54.6 Å². The highest BCUT2D eigenvalue weighted by molar-refractivity contribution is 5.95. The van der Waals surface area contributed by atoms with Crippen molar-refractivity contribution in [1.82, 2.24) is 4.90 Å². The lowest BCUT2D eigenvalue weighted by molar-refractivity contribution is -0.146. The van der Waals surface area contributed by atoms with Gasteiger partial charge in [-0.1, -0.05) is 42.5 Å². The summed E-state index contributed by atoms with van der Waals surface area (Å²) in [4.78, 5) is 26.0. The molecule has 0 aromatic heterocycles. The Bertz CT molecular complexity index is 701. The molecule has 4 nitrogen and oxygen atoms in total. The van der Waals surface area contributed by atoms with E-state index in [1.54, 1.807) is 0 Å². The molecule has 2 aromatic carbocycles. The molecule has 124 valence electrons. The van der Waals surface area contributed by atoms with Crippen molar-refractivity contribution in [2.24, 2.45) is 5.92 Å². The van der Waals surface area contributed by atoms with Crippen molar-refractivity contribution in [2.45, 2.75) is 12.8 Å². The molecule has 1 aliphatic heterocycles. The summed E-state index contributed by atoms with van der Waals surface area (Å²) >= 11 is 0. The van der Waals surface area contributed by atoms with E-state index in [0.717, 1.165) is 11.1 Å². The standard InChI is InChI=1S/C20H21NO3/c1-24-20(23)18-11-13-21(14-12-18)19(22)17-9-7-16(8-10-17)15-5-3-2-4-6-15/h2-10,18H,11-14H2,1H3. The van der Waals surface area contributed by atoms with Crippen LogP contribution in [-0.2, 0) is 9.53 Å². The van der Waals surface area contributed by atoms with Crippen molar-refractivity contribution in [3.05, 3.63) is 60.2 Å². The fourth-order valence-electron chi connectivity index (χ4n) is 3.10. The number of hydrogen-bond acceptors (Lipinski definition) is 3. The molecular formula is C20H21NO3. The average molecular weight is 323 g/mol. The van der Waals surface area contributed by atoms with Gasteiger partial charge in [-0.2, -0.15) is 0 Å². The van der Waals surface area contributed by atoms with E-state index in [0.29, 0.717) is 31.5 Å². The number of esters is 1. The Balaban J connectivity index is 1.65. The minimum atomic E-state index is -0.172. The van der Waals surface area contributed by atoms with Gasteiger partial charge in [-0.25, -0.2) is 0 Å². The van der Waals surface area contributed by atoms with E-state index in [-0.39, 0.29) is 17.8 Å². The molecule has 0 saturated carbocycles. The number of nitrogens with zero attached hydrogens (tertiary/aromatic N) is 1. The van der Waals surface area contributed by atoms with Crippen LogP contribution in [0.2, 0.25) is 0 Å². The van der Waals surface area contributed by atoms with Crippen LogP contribution in [0.25, 0.3) is 11.1 Å². The zero-order chi connectivity index (χ0) is 16.9. The van der Waals surface area contributed by atoms with Gasteiger partial charge in [0, 0.05) is 18.7 Å². The van der Waals surface area contributed by atoms with Crippen molar-refractivity contribution in [3.8, 4) is 11.1 Å². The van der Waals surface area contributed by atoms with Crippen LogP contribution in [0.5, 0.6) is 0 Å². The number of carbonyl (C=O) groups excluding carboxylic acids is 2. The third kappa shape index (κ3) is 3.48. The van der Waals surface area contributed by atoms with Gasteiger partial charge in [0.1, 0.15) is 0 Å². The van der Waals surface area contributed by atoms with Gasteiger partial charge in [0.2, 0.25) is 0 Å². The van der Waals surface area contributed by atoms with Gasteiger partial charge in [-0.15, -0.1) is 0 Å². The minimum absolute atomic E-state index is 0.0259. The fourth-order valence-corrected chi connectivity index (χ4v) is 3.10. The quantitative estimate of drug-likeness (QED) is 0.814. The molecular weight excluding hydrogens is 302 g/mol. The van der Waals surface area contributed by atoms with Crippen LogP contribution in [0.1, 0.15) is 23.2 Å². The number of hydrogen-bond donors (Lipinski definition) is 0. The van der Waals surface area contributed by atoms with Crippen LogP contribution in [0.4, 0.5) is 0 Å². The molecule has 1 aliphatic rings. The van der Waals surface area contributed by atoms with Gasteiger partial charge in [-0.3, -0.25) is 9.59 Å². The molecule has 0 radical (unpaired) electrons. The Hall–Kier alpha value is -2.62. The second kappa shape index (κ2) is 7.30. The van der Waals surface area contributed by atoms with E-state index < -0.39 is 0 Å². The highest BCUT2D eigenvalue weighted by Gasteiger charge is 2.28. The summed E-state index contributed by atoms with van der Waals surface area (Å²) in [5.41, 5.74) is 2.91. The number of ether oxygens (including phenoxy) is 1. The molecule has 1 heterocycles. The number of likely N-dealkylation sites (tertiary alicyclic amines) is 1. The molecule has 0 unspecified atom stereocenters. The first kappa shape index (κ1) is 16.2. The maximum absolute atomic E-state index is 12.6. The van der Waals surface area contributed by atoms with Crippen LogP contribution in [0.3, 0.4) is 0 Å². The minimum Gasteiger partial charge on any atom is -0.469 e. The van der Waals surface area contributed by atoms with Gasteiger partial charge >= 0.3 is 5.97 Å². The highest BCUT2D eigenvalue weighted by atomic mass is 16.5. The van der Waals surface area contributed by atoms with E-state index in [1.165, 1.54) is 7.11 Å². The van der Waals surface area contributed by atoms with Crippen molar-refractivity contribution in [1.29, 1.82) is 0 Å². The summed E-state index contributed by atoms with van der Waals surface area (Å²) in [6.07, 6.45) is 1.33. The number of benzene rings is 2. The molecule has 0 bridgehead atoms. The molecule has 0 atom stereocenters. The van der Waals surface area contributed by atoms with Crippen LogP contribution in [0, 0.1) is 5.92 Å². The summed E-state index contributed by atoms with van der Waals surface area (Å²) in [5.74, 6) is -0.230. The molecule has 1 fully saturated rings. The number of carbonyl (C=O) groups is 2. The van der Waals surface area contributed by atoms with E-state index in [2.05, 4.69) is 12.1 Å². The third-order valence-corrected chi connectivity index (χ3v) is 4.56. The maximum atomic E-state index is 12.6. The van der Waals surface area contributed by atoms with E-state index in [1.807, 2.05) is 47.4 Å². The monoisotopic (exact) mass is 323 g/mol. The Kier molecular flexibility index (Phi) is 4.94. The summed E-state index contributed by atoms with van der Waals surface area (Å²) in [6.45, 7) is 1.19. The molecule has 2 aromatic rings. The second-order valence-corrected chi connectivity index (χ2v) is 6.03. The van der Waals surface area contributed by atoms with Crippen LogP contribution >= 0.6 is 0 Å². The predicted molar refractivity (Wildman–Crippen MR) is 92.5 cm³/mol. The summed E-state index contributed by atoms with van der Waals surface area (Å²) < 4.78 is 4.78. The Labute approximate surface area is 142 Å². The molecule has 0 spiro atoms. The van der Waals surface area contributed by atoms with Crippen molar-refractivity contribution < 1.29 is 14.3 Å². The molecule has 4 heteroatoms. The van der Waals surface area contributed by atoms with Gasteiger partial charge in [-0.05, 0) is 36.1 Å². The lowest BCUT2D eigenvalue weighted by Crippen LogP contribution is -2.40. The van der Waals surface area contributed by atoms with Crippen LogP contribution < -0.4 is 0 Å². The fraction of sp³-hybridized carbons (Fsp3) is 0.300.